The number of hydrogen-bond donors (Lipinski definition) is 3. The fourth-order valence-corrected chi connectivity index (χ4v) is 14.1. The van der Waals surface area contributed by atoms with E-state index in [0.29, 0.717) is 39.7 Å². The first-order chi connectivity index (χ1) is 17.9. The molecular weight excluding hydrogens is 492 g/mol. The van der Waals surface area contributed by atoms with E-state index in [2.05, 4.69) is 38.3 Å². The molecule has 0 aromatic heterocycles. The van der Waals surface area contributed by atoms with Crippen molar-refractivity contribution in [3.05, 3.63) is 0 Å². The first-order valence-electron chi connectivity index (χ1n) is 16.3. The summed E-state index contributed by atoms with van der Waals surface area (Å²) in [6.45, 7) is 12.8. The average Bonchev–Trinajstić information content (AvgIpc) is 3.44. The van der Waals surface area contributed by atoms with Crippen molar-refractivity contribution < 1.29 is 13.5 Å². The first kappa shape index (κ1) is 28.0. The van der Waals surface area contributed by atoms with Gasteiger partial charge < -0.3 is 15.7 Å². The fraction of sp³-hybridized carbons (Fsp3) is 1.00. The molecule has 0 spiro atoms. The number of rotatable bonds is 6. The van der Waals surface area contributed by atoms with Crippen molar-refractivity contribution in [2.45, 2.75) is 116 Å². The Balaban J connectivity index is 1.10. The van der Waals surface area contributed by atoms with Crippen molar-refractivity contribution in [1.82, 2.24) is 10.6 Å². The molecule has 0 aromatic rings. The summed E-state index contributed by atoms with van der Waals surface area (Å²) in [4.78, 5) is 0. The molecule has 10 atom stereocenters. The van der Waals surface area contributed by atoms with Gasteiger partial charge in [0.1, 0.15) is 0 Å². The highest BCUT2D eigenvalue weighted by atomic mass is 32.2. The van der Waals surface area contributed by atoms with Crippen LogP contribution in [0, 0.1) is 51.8 Å². The smallest absolute Gasteiger partial charge is 0.150 e. The third-order valence-electron chi connectivity index (χ3n) is 14.0. The van der Waals surface area contributed by atoms with Gasteiger partial charge in [0.15, 0.2) is 9.84 Å². The van der Waals surface area contributed by atoms with Crippen LogP contribution >= 0.6 is 0 Å². The maximum Gasteiger partial charge on any atom is 0.150 e. The summed E-state index contributed by atoms with van der Waals surface area (Å²) in [6.07, 6.45) is 15.2. The third kappa shape index (κ3) is 4.36. The van der Waals surface area contributed by atoms with Gasteiger partial charge >= 0.3 is 0 Å². The normalized spacial score (nSPS) is 51.0. The van der Waals surface area contributed by atoms with Gasteiger partial charge in [-0.25, -0.2) is 8.42 Å². The maximum absolute atomic E-state index is 11.8. The number of sulfone groups is 1. The van der Waals surface area contributed by atoms with Gasteiger partial charge in [-0.1, -0.05) is 34.1 Å². The molecule has 5 aliphatic carbocycles. The molecule has 5 saturated carbocycles. The van der Waals surface area contributed by atoms with Gasteiger partial charge in [-0.3, -0.25) is 0 Å². The van der Waals surface area contributed by atoms with Gasteiger partial charge in [-0.2, -0.15) is 0 Å². The number of hydrogen-bond acceptors (Lipinski definition) is 5. The Morgan fingerprint density at radius 3 is 2.34 bits per heavy atom. The lowest BCUT2D eigenvalue weighted by molar-refractivity contribution is -0.211. The molecule has 0 aromatic carbocycles. The lowest BCUT2D eigenvalue weighted by atomic mass is 9.36. The van der Waals surface area contributed by atoms with Crippen LogP contribution in [0.5, 0.6) is 0 Å². The van der Waals surface area contributed by atoms with E-state index >= 15 is 0 Å². The van der Waals surface area contributed by atoms with Crippen molar-refractivity contribution >= 4 is 9.84 Å². The number of aliphatic hydroxyl groups excluding tert-OH is 1. The maximum atomic E-state index is 11.8. The Morgan fingerprint density at radius 2 is 1.58 bits per heavy atom. The highest BCUT2D eigenvalue weighted by Gasteiger charge is 2.66. The van der Waals surface area contributed by atoms with E-state index in [0.717, 1.165) is 56.1 Å². The Hall–Kier alpha value is -0.170. The van der Waals surface area contributed by atoms with Crippen LogP contribution in [0.4, 0.5) is 0 Å². The lowest BCUT2D eigenvalue weighted by Crippen LogP contribution is -2.65. The summed E-state index contributed by atoms with van der Waals surface area (Å²) in [7, 11) is -2.78. The first-order valence-corrected chi connectivity index (χ1v) is 18.1. The van der Waals surface area contributed by atoms with E-state index in [9.17, 15) is 13.5 Å². The monoisotopic (exact) mass is 548 g/mol. The zero-order chi connectivity index (χ0) is 27.0. The SMILES string of the molecule is CC1(C)C(O)CCC2(C)C1CCC1(C)C3CCC4(NCCNCC5CCS(=O)(=O)C5)CCC[C@@H]4C3CCC12. The summed E-state index contributed by atoms with van der Waals surface area (Å²) in [5.41, 5.74) is 1.22. The summed E-state index contributed by atoms with van der Waals surface area (Å²) >= 11 is 0. The summed E-state index contributed by atoms with van der Waals surface area (Å²) < 4.78 is 23.5. The van der Waals surface area contributed by atoms with Gasteiger partial charge in [-0.15, -0.1) is 0 Å². The molecule has 38 heavy (non-hydrogen) atoms. The zero-order valence-electron chi connectivity index (χ0n) is 24.7. The second-order valence-corrected chi connectivity index (χ2v) is 18.2. The van der Waals surface area contributed by atoms with Crippen LogP contribution in [-0.4, -0.2) is 56.3 Å². The Bertz CT molecular complexity index is 999. The van der Waals surface area contributed by atoms with Crippen molar-refractivity contribution in [3.63, 3.8) is 0 Å². The van der Waals surface area contributed by atoms with E-state index in [1.54, 1.807) is 0 Å². The van der Waals surface area contributed by atoms with E-state index in [4.69, 9.17) is 0 Å². The minimum absolute atomic E-state index is 0.0440. The number of fused-ring (bicyclic) bond motifs is 7. The number of aliphatic hydroxyl groups is 1. The molecule has 0 radical (unpaired) electrons. The van der Waals surface area contributed by atoms with Gasteiger partial charge in [-0.05, 0) is 129 Å². The molecule has 6 heteroatoms. The molecule has 9 unspecified atom stereocenters. The van der Waals surface area contributed by atoms with Gasteiger partial charge in [0.25, 0.3) is 0 Å². The van der Waals surface area contributed by atoms with Crippen molar-refractivity contribution in [3.8, 4) is 0 Å². The molecule has 1 aliphatic heterocycles. The fourth-order valence-electron chi connectivity index (χ4n) is 12.2. The van der Waals surface area contributed by atoms with Crippen molar-refractivity contribution in [2.24, 2.45) is 51.8 Å². The Morgan fingerprint density at radius 1 is 0.789 bits per heavy atom. The van der Waals surface area contributed by atoms with E-state index in [-0.39, 0.29) is 11.5 Å². The van der Waals surface area contributed by atoms with Crippen LogP contribution in [0.1, 0.15) is 105 Å². The van der Waals surface area contributed by atoms with Crippen LogP contribution in [0.3, 0.4) is 0 Å². The molecular formula is C32H56N2O3S. The second-order valence-electron chi connectivity index (χ2n) is 16.0. The van der Waals surface area contributed by atoms with Crippen LogP contribution in [0.25, 0.3) is 0 Å². The highest BCUT2D eigenvalue weighted by Crippen LogP contribution is 2.72. The summed E-state index contributed by atoms with van der Waals surface area (Å²) in [5.74, 6) is 5.10. The van der Waals surface area contributed by atoms with E-state index in [1.807, 2.05) is 0 Å². The van der Waals surface area contributed by atoms with Crippen LogP contribution in [-0.2, 0) is 9.84 Å². The molecule has 0 amide bonds. The van der Waals surface area contributed by atoms with Gasteiger partial charge in [0.2, 0.25) is 0 Å². The van der Waals surface area contributed by atoms with Crippen molar-refractivity contribution in [2.75, 3.05) is 31.1 Å². The summed E-state index contributed by atoms with van der Waals surface area (Å²) in [6, 6.07) is 0. The van der Waals surface area contributed by atoms with E-state index < -0.39 is 9.84 Å². The van der Waals surface area contributed by atoms with Crippen LogP contribution < -0.4 is 10.6 Å². The molecule has 5 nitrogen and oxygen atoms in total. The molecule has 6 aliphatic rings. The van der Waals surface area contributed by atoms with E-state index in [1.165, 1.54) is 64.2 Å². The molecule has 1 heterocycles. The molecule has 6 fully saturated rings. The van der Waals surface area contributed by atoms with Gasteiger partial charge in [0.05, 0.1) is 17.6 Å². The lowest BCUT2D eigenvalue weighted by Gasteiger charge is -2.69. The molecule has 3 N–H and O–H groups in total. The summed E-state index contributed by atoms with van der Waals surface area (Å²) in [5, 5.41) is 18.6. The number of nitrogens with one attached hydrogen (secondary N) is 2. The second kappa shape index (κ2) is 9.70. The third-order valence-corrected chi connectivity index (χ3v) is 15.9. The standard InChI is InChI=1S/C32H56N2O3S/c1-29(2)26-10-14-30(3)24-9-16-32(34-18-17-33-20-22-12-19-38(36,37)21-22)13-5-6-25(32)23(24)7-8-27(30)31(26,4)15-11-28(29)35/h22-28,33-35H,5-21H2,1-4H3/t22?,23?,24?,25-,26?,27?,28?,30?,31?,32?/m1/s1. The molecule has 218 valence electrons. The minimum Gasteiger partial charge on any atom is -0.393 e. The van der Waals surface area contributed by atoms with Gasteiger partial charge in [0, 0.05) is 18.6 Å². The predicted octanol–water partition coefficient (Wildman–Crippen LogP) is 5.18. The van der Waals surface area contributed by atoms with Crippen molar-refractivity contribution in [1.29, 1.82) is 0 Å². The Labute approximate surface area is 233 Å². The largest absolute Gasteiger partial charge is 0.393 e. The molecule has 1 saturated heterocycles. The Kier molecular flexibility index (Phi) is 7.14. The topological polar surface area (TPSA) is 78.4 Å². The quantitative estimate of drug-likeness (QED) is 0.399. The van der Waals surface area contributed by atoms with Crippen LogP contribution in [0.15, 0.2) is 0 Å². The highest BCUT2D eigenvalue weighted by molar-refractivity contribution is 7.91. The molecule has 6 rings (SSSR count). The zero-order valence-corrected chi connectivity index (χ0v) is 25.6. The predicted molar refractivity (Wildman–Crippen MR) is 155 cm³/mol. The minimum atomic E-state index is -2.78. The van der Waals surface area contributed by atoms with Crippen LogP contribution in [0.2, 0.25) is 0 Å². The molecule has 0 bridgehead atoms. The average molecular weight is 549 g/mol.